The summed E-state index contributed by atoms with van der Waals surface area (Å²) in [6.07, 6.45) is 0. The summed E-state index contributed by atoms with van der Waals surface area (Å²) in [4.78, 5) is 4.61. The van der Waals surface area contributed by atoms with Gasteiger partial charge in [-0.15, -0.1) is 23.5 Å². The molecule has 0 aromatic heterocycles. The summed E-state index contributed by atoms with van der Waals surface area (Å²) in [5.74, 6) is 0.995. The molecule has 1 aromatic rings. The molecule has 1 aromatic carbocycles. The number of fused-ring (bicyclic) bond motifs is 1. The standard InChI is InChI=1S/C17H17FN4S2/c1-3-23-17(24-4-2)16(10-20)13(11-5-7-12(18)8-6-11)15(16,9-19)14(21)22-17/h5-8,13H,3-4H2,1-2H3,(H2,21,22)/t13-,15+,16+/m0/s1. The number of hydrogen-bond acceptors (Lipinski definition) is 6. The Morgan fingerprint density at radius 3 is 2.21 bits per heavy atom. The van der Waals surface area contributed by atoms with Gasteiger partial charge in [-0.3, -0.25) is 0 Å². The van der Waals surface area contributed by atoms with E-state index in [1.54, 1.807) is 35.7 Å². The number of nitrogens with two attached hydrogens (primary N) is 1. The molecule has 0 saturated heterocycles. The number of nitrogens with zero attached hydrogens (tertiary/aromatic N) is 3. The zero-order chi connectivity index (χ0) is 17.6. The van der Waals surface area contributed by atoms with Crippen LogP contribution in [0.3, 0.4) is 0 Å². The zero-order valence-corrected chi connectivity index (χ0v) is 15.0. The summed E-state index contributed by atoms with van der Waals surface area (Å²) >= 11 is 3.10. The van der Waals surface area contributed by atoms with Crippen molar-refractivity contribution in [3.8, 4) is 12.1 Å². The van der Waals surface area contributed by atoms with Crippen LogP contribution in [-0.4, -0.2) is 21.5 Å². The SMILES string of the molecule is CCSC1(SCC)N=C(N)[C@@]2(C#N)[C@H](c3ccc(F)cc3)[C@@]12C#N. The van der Waals surface area contributed by atoms with Crippen LogP contribution in [0.4, 0.5) is 4.39 Å². The van der Waals surface area contributed by atoms with Crippen LogP contribution in [0.15, 0.2) is 29.3 Å². The van der Waals surface area contributed by atoms with Gasteiger partial charge < -0.3 is 5.73 Å². The van der Waals surface area contributed by atoms with E-state index in [2.05, 4.69) is 17.1 Å². The van der Waals surface area contributed by atoms with Gasteiger partial charge in [-0.2, -0.15) is 10.5 Å². The monoisotopic (exact) mass is 360 g/mol. The maximum Gasteiger partial charge on any atom is 0.175 e. The van der Waals surface area contributed by atoms with Crippen LogP contribution in [0, 0.1) is 39.3 Å². The first-order valence-electron chi connectivity index (χ1n) is 7.71. The van der Waals surface area contributed by atoms with Crippen molar-refractivity contribution in [1.82, 2.24) is 0 Å². The summed E-state index contributed by atoms with van der Waals surface area (Å²) in [6, 6.07) is 10.7. The highest BCUT2D eigenvalue weighted by molar-refractivity contribution is 8.18. The van der Waals surface area contributed by atoms with Crippen molar-refractivity contribution in [2.45, 2.75) is 24.0 Å². The predicted octanol–water partition coefficient (Wildman–Crippen LogP) is 3.47. The van der Waals surface area contributed by atoms with E-state index in [9.17, 15) is 14.9 Å². The van der Waals surface area contributed by atoms with Crippen molar-refractivity contribution in [3.63, 3.8) is 0 Å². The number of rotatable bonds is 5. The molecule has 0 unspecified atom stereocenters. The van der Waals surface area contributed by atoms with Crippen LogP contribution >= 0.6 is 23.5 Å². The van der Waals surface area contributed by atoms with Gasteiger partial charge in [0.2, 0.25) is 0 Å². The van der Waals surface area contributed by atoms with Gasteiger partial charge in [-0.25, -0.2) is 9.38 Å². The van der Waals surface area contributed by atoms with E-state index in [-0.39, 0.29) is 11.7 Å². The van der Waals surface area contributed by atoms with Crippen LogP contribution in [0.5, 0.6) is 0 Å². The second-order valence-electron chi connectivity index (χ2n) is 5.77. The van der Waals surface area contributed by atoms with Crippen molar-refractivity contribution in [2.75, 3.05) is 11.5 Å². The lowest BCUT2D eigenvalue weighted by atomic mass is 9.97. The highest BCUT2D eigenvalue weighted by Gasteiger charge is 2.91. The smallest absolute Gasteiger partial charge is 0.175 e. The van der Waals surface area contributed by atoms with Gasteiger partial charge in [0.25, 0.3) is 0 Å². The molecule has 24 heavy (non-hydrogen) atoms. The van der Waals surface area contributed by atoms with Crippen LogP contribution < -0.4 is 5.73 Å². The third-order valence-electron chi connectivity index (χ3n) is 4.81. The molecule has 7 heteroatoms. The lowest BCUT2D eigenvalue weighted by Crippen LogP contribution is -2.31. The highest BCUT2D eigenvalue weighted by atomic mass is 32.2. The van der Waals surface area contributed by atoms with E-state index in [4.69, 9.17) is 5.73 Å². The Labute approximate surface area is 149 Å². The van der Waals surface area contributed by atoms with E-state index in [1.165, 1.54) is 12.1 Å². The lowest BCUT2D eigenvalue weighted by molar-refractivity contribution is 0.563. The molecule has 2 aliphatic rings. The molecule has 124 valence electrons. The molecule has 1 fully saturated rings. The molecule has 3 rings (SSSR count). The minimum atomic E-state index is -1.14. The van der Waals surface area contributed by atoms with E-state index >= 15 is 0 Å². The maximum atomic E-state index is 13.3. The Kier molecular flexibility index (Phi) is 4.06. The zero-order valence-electron chi connectivity index (χ0n) is 13.4. The van der Waals surface area contributed by atoms with Gasteiger partial charge in [0.15, 0.2) is 4.20 Å². The van der Waals surface area contributed by atoms with Crippen molar-refractivity contribution >= 4 is 29.4 Å². The first-order chi connectivity index (χ1) is 11.5. The molecule has 0 amide bonds. The Morgan fingerprint density at radius 2 is 1.75 bits per heavy atom. The van der Waals surface area contributed by atoms with Crippen molar-refractivity contribution in [1.29, 1.82) is 10.5 Å². The summed E-state index contributed by atoms with van der Waals surface area (Å²) in [6.45, 7) is 4.00. The Balaban J connectivity index is 2.21. The third-order valence-corrected chi connectivity index (χ3v) is 7.70. The summed E-state index contributed by atoms with van der Waals surface area (Å²) in [5.41, 5.74) is 4.79. The quantitative estimate of drug-likeness (QED) is 0.813. The minimum Gasteiger partial charge on any atom is -0.386 e. The minimum absolute atomic E-state index is 0.225. The van der Waals surface area contributed by atoms with E-state index < -0.39 is 21.0 Å². The van der Waals surface area contributed by atoms with Crippen LogP contribution in [-0.2, 0) is 0 Å². The molecular formula is C17H17FN4S2. The summed E-state index contributed by atoms with van der Waals surface area (Å²) < 4.78 is 12.5. The average molecular weight is 360 g/mol. The van der Waals surface area contributed by atoms with Crippen molar-refractivity contribution in [2.24, 2.45) is 21.6 Å². The van der Waals surface area contributed by atoms with E-state index in [0.29, 0.717) is 0 Å². The number of halogens is 1. The Hall–Kier alpha value is -1.70. The van der Waals surface area contributed by atoms with E-state index in [1.807, 2.05) is 13.8 Å². The predicted molar refractivity (Wildman–Crippen MR) is 95.9 cm³/mol. The number of thioether (sulfide) groups is 2. The fourth-order valence-corrected chi connectivity index (χ4v) is 7.16. The molecule has 1 aliphatic heterocycles. The van der Waals surface area contributed by atoms with Crippen LogP contribution in [0.1, 0.15) is 25.3 Å². The van der Waals surface area contributed by atoms with Gasteiger partial charge >= 0.3 is 0 Å². The third kappa shape index (κ3) is 1.77. The molecule has 0 spiro atoms. The topological polar surface area (TPSA) is 86.0 Å². The number of amidine groups is 1. The van der Waals surface area contributed by atoms with Gasteiger partial charge in [0, 0.05) is 5.92 Å². The van der Waals surface area contributed by atoms with E-state index in [0.717, 1.165) is 17.1 Å². The molecule has 1 heterocycles. The molecule has 2 N–H and O–H groups in total. The molecule has 0 radical (unpaired) electrons. The number of nitriles is 2. The van der Waals surface area contributed by atoms with Gasteiger partial charge in [0.1, 0.15) is 22.5 Å². The molecule has 4 nitrogen and oxygen atoms in total. The maximum absolute atomic E-state index is 13.3. The summed E-state index contributed by atoms with van der Waals surface area (Å²) in [5, 5.41) is 20.1. The number of hydrogen-bond donors (Lipinski definition) is 1. The average Bonchev–Trinajstić information content (AvgIpc) is 3.15. The normalized spacial score (nSPS) is 32.4. The molecular weight excluding hydrogens is 343 g/mol. The van der Waals surface area contributed by atoms with Gasteiger partial charge in [-0.05, 0) is 29.2 Å². The molecule has 1 saturated carbocycles. The number of aliphatic imine (C=N–C) groups is 1. The van der Waals surface area contributed by atoms with Crippen molar-refractivity contribution < 1.29 is 4.39 Å². The van der Waals surface area contributed by atoms with Crippen LogP contribution in [0.2, 0.25) is 0 Å². The highest BCUT2D eigenvalue weighted by Crippen LogP contribution is 2.85. The second kappa shape index (κ2) is 5.68. The number of benzene rings is 1. The van der Waals surface area contributed by atoms with Crippen molar-refractivity contribution in [3.05, 3.63) is 35.6 Å². The van der Waals surface area contributed by atoms with Crippen LogP contribution in [0.25, 0.3) is 0 Å². The summed E-state index contributed by atoms with van der Waals surface area (Å²) in [7, 11) is 0. The first-order valence-corrected chi connectivity index (χ1v) is 9.68. The Bertz CT molecular complexity index is 773. The largest absolute Gasteiger partial charge is 0.386 e. The molecule has 3 atom stereocenters. The molecule has 1 aliphatic carbocycles. The van der Waals surface area contributed by atoms with Gasteiger partial charge in [-0.1, -0.05) is 26.0 Å². The lowest BCUT2D eigenvalue weighted by Gasteiger charge is -2.31. The van der Waals surface area contributed by atoms with Gasteiger partial charge in [0.05, 0.1) is 12.1 Å². The molecule has 0 bridgehead atoms. The first kappa shape index (κ1) is 17.1. The fourth-order valence-electron chi connectivity index (χ4n) is 3.90. The Morgan fingerprint density at radius 1 is 1.17 bits per heavy atom. The fraction of sp³-hybridized carbons (Fsp3) is 0.471. The second-order valence-corrected chi connectivity index (χ2v) is 8.94.